The molecule has 0 fully saturated rings. The number of aliphatic hydroxyl groups is 1. The molecule has 0 aliphatic carbocycles. The van der Waals surface area contributed by atoms with E-state index in [0.717, 1.165) is 5.56 Å². The summed E-state index contributed by atoms with van der Waals surface area (Å²) in [7, 11) is -2.34. The molecule has 10 heteroatoms. The Morgan fingerprint density at radius 3 is 2.68 bits per heavy atom. The first kappa shape index (κ1) is 27.3. The molecule has 0 bridgehead atoms. The molecule has 0 spiro atoms. The number of aromatic nitrogens is 1. The summed E-state index contributed by atoms with van der Waals surface area (Å²) in [6, 6.07) is 16.7. The van der Waals surface area contributed by atoms with Gasteiger partial charge in [0.25, 0.3) is 5.91 Å². The minimum atomic E-state index is -4.00. The van der Waals surface area contributed by atoms with Crippen molar-refractivity contribution in [2.24, 2.45) is 5.92 Å². The molecule has 1 amide bonds. The SMILES string of the molecule is C[C@@H]1CN([C@@H](C)CO)S(=O)(=O)c2ccc(-c3cccc(C#N)c3)cc2O[C@@H]1CN(C)C(=O)c1cccnc1. The van der Waals surface area contributed by atoms with E-state index in [-0.39, 0.29) is 42.2 Å². The first-order valence-corrected chi connectivity index (χ1v) is 13.7. The monoisotopic (exact) mass is 534 g/mol. The highest BCUT2D eigenvalue weighted by molar-refractivity contribution is 7.89. The number of nitriles is 1. The Morgan fingerprint density at radius 1 is 1.24 bits per heavy atom. The fraction of sp³-hybridized carbons (Fsp3) is 0.321. The average Bonchev–Trinajstić information content (AvgIpc) is 2.94. The molecule has 0 saturated heterocycles. The van der Waals surface area contributed by atoms with Crippen LogP contribution in [0.5, 0.6) is 5.75 Å². The number of aliphatic hydroxyl groups excluding tert-OH is 1. The summed E-state index contributed by atoms with van der Waals surface area (Å²) in [6.07, 6.45) is 2.54. The minimum absolute atomic E-state index is 0.0175. The molecule has 1 aliphatic heterocycles. The molecule has 2 heterocycles. The summed E-state index contributed by atoms with van der Waals surface area (Å²) in [4.78, 5) is 18.5. The molecule has 4 rings (SSSR count). The number of ether oxygens (including phenoxy) is 1. The Hall–Kier alpha value is -3.78. The number of hydrogen-bond acceptors (Lipinski definition) is 7. The van der Waals surface area contributed by atoms with E-state index in [1.54, 1.807) is 62.6 Å². The summed E-state index contributed by atoms with van der Waals surface area (Å²) in [6.45, 7) is 3.48. The van der Waals surface area contributed by atoms with Crippen LogP contribution in [0.2, 0.25) is 0 Å². The quantitative estimate of drug-likeness (QED) is 0.515. The molecule has 1 aliphatic rings. The fourth-order valence-corrected chi connectivity index (χ4v) is 6.28. The van der Waals surface area contributed by atoms with Crippen LogP contribution in [0.4, 0.5) is 0 Å². The maximum absolute atomic E-state index is 13.7. The fourth-order valence-electron chi connectivity index (χ4n) is 4.45. The third kappa shape index (κ3) is 5.55. The van der Waals surface area contributed by atoms with E-state index < -0.39 is 22.2 Å². The van der Waals surface area contributed by atoms with Crippen LogP contribution in [0.25, 0.3) is 11.1 Å². The molecular formula is C28H30N4O5S. The van der Waals surface area contributed by atoms with Crippen LogP contribution in [0.3, 0.4) is 0 Å². The van der Waals surface area contributed by atoms with Crippen molar-refractivity contribution in [3.8, 4) is 22.9 Å². The van der Waals surface area contributed by atoms with Crippen molar-refractivity contribution >= 4 is 15.9 Å². The maximum atomic E-state index is 13.7. The Bertz CT molecular complexity index is 1460. The molecule has 0 unspecified atom stereocenters. The van der Waals surface area contributed by atoms with Crippen molar-refractivity contribution in [2.45, 2.75) is 30.9 Å². The molecule has 1 N–H and O–H groups in total. The molecule has 3 aromatic rings. The van der Waals surface area contributed by atoms with Crippen LogP contribution in [0, 0.1) is 17.2 Å². The zero-order valence-electron chi connectivity index (χ0n) is 21.5. The summed E-state index contributed by atoms with van der Waals surface area (Å²) in [5.41, 5.74) is 2.34. The van der Waals surface area contributed by atoms with Gasteiger partial charge >= 0.3 is 0 Å². The Balaban J connectivity index is 1.76. The summed E-state index contributed by atoms with van der Waals surface area (Å²) >= 11 is 0. The average molecular weight is 535 g/mol. The molecule has 9 nitrogen and oxygen atoms in total. The van der Waals surface area contributed by atoms with Crippen LogP contribution in [-0.2, 0) is 10.0 Å². The molecule has 2 aromatic carbocycles. The number of carbonyl (C=O) groups excluding carboxylic acids is 1. The molecule has 198 valence electrons. The van der Waals surface area contributed by atoms with Gasteiger partial charge in [-0.05, 0) is 54.4 Å². The van der Waals surface area contributed by atoms with E-state index in [1.165, 1.54) is 21.5 Å². The van der Waals surface area contributed by atoms with Gasteiger partial charge in [0.1, 0.15) is 16.7 Å². The number of benzene rings is 2. The summed E-state index contributed by atoms with van der Waals surface area (Å²) in [5, 5.41) is 19.1. The van der Waals surface area contributed by atoms with Gasteiger partial charge in [-0.2, -0.15) is 9.57 Å². The number of hydrogen-bond donors (Lipinski definition) is 1. The number of amides is 1. The summed E-state index contributed by atoms with van der Waals surface area (Å²) < 4.78 is 35.1. The van der Waals surface area contributed by atoms with Crippen LogP contribution < -0.4 is 4.74 Å². The van der Waals surface area contributed by atoms with E-state index in [2.05, 4.69) is 11.1 Å². The molecule has 38 heavy (non-hydrogen) atoms. The number of likely N-dealkylation sites (N-methyl/N-ethyl adjacent to an activating group) is 1. The largest absolute Gasteiger partial charge is 0.487 e. The Kier molecular flexibility index (Phi) is 8.11. The third-order valence-electron chi connectivity index (χ3n) is 6.70. The molecular weight excluding hydrogens is 504 g/mol. The van der Waals surface area contributed by atoms with Crippen molar-refractivity contribution < 1.29 is 23.1 Å². The zero-order valence-corrected chi connectivity index (χ0v) is 22.3. The number of carbonyl (C=O) groups is 1. The molecule has 3 atom stereocenters. The van der Waals surface area contributed by atoms with Crippen LogP contribution in [0.1, 0.15) is 29.8 Å². The maximum Gasteiger partial charge on any atom is 0.255 e. The molecule has 0 saturated carbocycles. The van der Waals surface area contributed by atoms with Crippen molar-refractivity contribution in [3.05, 3.63) is 78.1 Å². The van der Waals surface area contributed by atoms with Gasteiger partial charge in [-0.25, -0.2) is 8.42 Å². The minimum Gasteiger partial charge on any atom is -0.487 e. The number of rotatable bonds is 6. The first-order valence-electron chi connectivity index (χ1n) is 12.2. The van der Waals surface area contributed by atoms with Gasteiger partial charge in [0.15, 0.2) is 0 Å². The number of sulfonamides is 1. The number of pyridine rings is 1. The van der Waals surface area contributed by atoms with Gasteiger partial charge in [0.05, 0.1) is 30.3 Å². The lowest BCUT2D eigenvalue weighted by Crippen LogP contribution is -2.50. The van der Waals surface area contributed by atoms with Crippen molar-refractivity contribution in [3.63, 3.8) is 0 Å². The van der Waals surface area contributed by atoms with Crippen molar-refractivity contribution in [1.29, 1.82) is 5.26 Å². The lowest BCUT2D eigenvalue weighted by molar-refractivity contribution is 0.0563. The lowest BCUT2D eigenvalue weighted by atomic mass is 10.0. The number of fused-ring (bicyclic) bond motifs is 1. The van der Waals surface area contributed by atoms with Gasteiger partial charge in [-0.3, -0.25) is 9.78 Å². The van der Waals surface area contributed by atoms with E-state index in [4.69, 9.17) is 4.74 Å². The van der Waals surface area contributed by atoms with Crippen LogP contribution >= 0.6 is 0 Å². The molecule has 1 aromatic heterocycles. The lowest BCUT2D eigenvalue weighted by Gasteiger charge is -2.37. The van der Waals surface area contributed by atoms with E-state index >= 15 is 0 Å². The van der Waals surface area contributed by atoms with E-state index in [0.29, 0.717) is 16.7 Å². The Labute approximate surface area is 223 Å². The zero-order chi connectivity index (χ0) is 27.4. The van der Waals surface area contributed by atoms with Gasteiger partial charge in [0, 0.05) is 37.9 Å². The standard InChI is InChI=1S/C28H30N4O5S/c1-19-16-32(20(2)18-33)38(35,36)27-10-9-23(22-7-4-6-21(12-22)14-29)13-25(27)37-26(19)17-31(3)28(34)24-8-5-11-30-15-24/h4-13,15,19-20,26,33H,16-18H2,1-3H3/t19-,20+,26-/m1/s1. The first-order chi connectivity index (χ1) is 18.1. The highest BCUT2D eigenvalue weighted by Gasteiger charge is 2.38. The van der Waals surface area contributed by atoms with Crippen LogP contribution in [0.15, 0.2) is 71.9 Å². The third-order valence-corrected chi connectivity index (χ3v) is 8.72. The van der Waals surface area contributed by atoms with Crippen LogP contribution in [-0.4, -0.2) is 72.5 Å². The topological polar surface area (TPSA) is 124 Å². The molecule has 0 radical (unpaired) electrons. The second-order valence-corrected chi connectivity index (χ2v) is 11.4. The second-order valence-electron chi connectivity index (χ2n) is 9.52. The van der Waals surface area contributed by atoms with Gasteiger partial charge < -0.3 is 14.7 Å². The number of nitrogens with zero attached hydrogens (tertiary/aromatic N) is 4. The van der Waals surface area contributed by atoms with Crippen molar-refractivity contribution in [2.75, 3.05) is 26.7 Å². The highest BCUT2D eigenvalue weighted by Crippen LogP contribution is 2.36. The van der Waals surface area contributed by atoms with Crippen molar-refractivity contribution in [1.82, 2.24) is 14.2 Å². The predicted octanol–water partition coefficient (Wildman–Crippen LogP) is 3.16. The second kappa shape index (κ2) is 11.3. The Morgan fingerprint density at radius 2 is 2.00 bits per heavy atom. The predicted molar refractivity (Wildman–Crippen MR) is 142 cm³/mol. The van der Waals surface area contributed by atoms with E-state index in [9.17, 15) is 23.6 Å². The van der Waals surface area contributed by atoms with Gasteiger partial charge in [0.2, 0.25) is 10.0 Å². The van der Waals surface area contributed by atoms with Gasteiger partial charge in [-0.15, -0.1) is 0 Å². The normalized spacial score (nSPS) is 19.7. The van der Waals surface area contributed by atoms with Gasteiger partial charge in [-0.1, -0.05) is 25.1 Å². The smallest absolute Gasteiger partial charge is 0.255 e. The van der Waals surface area contributed by atoms with E-state index in [1.807, 2.05) is 13.0 Å². The highest BCUT2D eigenvalue weighted by atomic mass is 32.2. The summed E-state index contributed by atoms with van der Waals surface area (Å²) in [5.74, 6) is -0.396.